The maximum atomic E-state index is 14.1. The third-order valence-corrected chi connectivity index (χ3v) is 12.0. The molecule has 3 saturated heterocycles. The standard InChI is InChI=1S/C37H69NO13/c1-14-25-37(10,45)30(41)20(4)27(39)18(2)16-35(8,44)32(51-34-28(40)24(38(11)12)15-19(3)47-34)21(5)29(22(6)33(43)49-25)50-26-17-36(9,46-13)31(42)23(7)48-26/h18-32,34,39-42,44-45H,14-17H2,1-13H3/t18-,19-,20+,21+,22-,23+,24+,25?,26+,27+,28-,29?,30-,31+,32-,34+,35-,36-,37-/m1/s1. The van der Waals surface area contributed by atoms with Gasteiger partial charge in [-0.05, 0) is 80.8 Å². The van der Waals surface area contributed by atoms with Gasteiger partial charge in [0.15, 0.2) is 12.6 Å². The van der Waals surface area contributed by atoms with E-state index in [9.17, 15) is 35.4 Å². The minimum absolute atomic E-state index is 0.0362. The van der Waals surface area contributed by atoms with Crippen LogP contribution in [0.1, 0.15) is 94.9 Å². The number of carbonyl (C=O) groups is 1. The molecule has 3 fully saturated rings. The Morgan fingerprint density at radius 1 is 0.863 bits per heavy atom. The summed E-state index contributed by atoms with van der Waals surface area (Å²) in [6.07, 6.45) is -10.5. The van der Waals surface area contributed by atoms with Gasteiger partial charge in [0.2, 0.25) is 0 Å². The van der Waals surface area contributed by atoms with Crippen LogP contribution in [0, 0.1) is 23.7 Å². The monoisotopic (exact) mass is 735 g/mol. The number of carbonyl (C=O) groups excluding carboxylic acids is 1. The molecule has 0 bridgehead atoms. The predicted octanol–water partition coefficient (Wildman–Crippen LogP) is 1.58. The Hall–Kier alpha value is -1.01. The highest BCUT2D eigenvalue weighted by Gasteiger charge is 2.53. The van der Waals surface area contributed by atoms with Crippen LogP contribution in [0.2, 0.25) is 0 Å². The first-order chi connectivity index (χ1) is 23.4. The normalized spacial score (nSPS) is 51.2. The lowest BCUT2D eigenvalue weighted by Crippen LogP contribution is -2.61. The van der Waals surface area contributed by atoms with Crippen LogP contribution in [0.3, 0.4) is 0 Å². The number of methoxy groups -OCH3 is 1. The van der Waals surface area contributed by atoms with Crippen LogP contribution in [0.15, 0.2) is 0 Å². The molecule has 19 atom stereocenters. The summed E-state index contributed by atoms with van der Waals surface area (Å²) in [4.78, 5) is 16.0. The van der Waals surface area contributed by atoms with Gasteiger partial charge in [0.25, 0.3) is 0 Å². The average molecular weight is 736 g/mol. The van der Waals surface area contributed by atoms with Crippen LogP contribution in [-0.4, -0.2) is 153 Å². The Morgan fingerprint density at radius 2 is 1.47 bits per heavy atom. The lowest BCUT2D eigenvalue weighted by atomic mass is 9.73. The molecule has 0 aliphatic carbocycles. The quantitative estimate of drug-likeness (QED) is 0.206. The van der Waals surface area contributed by atoms with E-state index < -0.39 is 108 Å². The Labute approximate surface area is 304 Å². The topological polar surface area (TPSA) is 197 Å². The third kappa shape index (κ3) is 9.63. The van der Waals surface area contributed by atoms with Gasteiger partial charge in [-0.3, -0.25) is 4.79 Å². The minimum atomic E-state index is -1.93. The molecule has 0 radical (unpaired) electrons. The zero-order valence-electron chi connectivity index (χ0n) is 33.1. The number of aliphatic hydroxyl groups excluding tert-OH is 4. The van der Waals surface area contributed by atoms with Gasteiger partial charge in [-0.1, -0.05) is 27.7 Å². The second-order valence-electron chi connectivity index (χ2n) is 16.7. The van der Waals surface area contributed by atoms with E-state index in [4.69, 9.17) is 28.4 Å². The molecule has 6 N–H and O–H groups in total. The van der Waals surface area contributed by atoms with Crippen molar-refractivity contribution < 1.29 is 63.9 Å². The first kappa shape index (κ1) is 44.4. The fraction of sp³-hybridized carbons (Fsp3) is 0.973. The summed E-state index contributed by atoms with van der Waals surface area (Å²) in [6, 6.07) is -0.310. The molecule has 0 saturated carbocycles. The van der Waals surface area contributed by atoms with E-state index in [0.717, 1.165) is 0 Å². The second kappa shape index (κ2) is 17.2. The SMILES string of the molecule is CCC1OC(=O)[C@H](C)C(O[C@H]2C[C@@](C)(OC)[C@@H](O)[C@H](C)O2)[C@H](C)[C@@H](O[C@@H]2O[C@H](C)C[C@H](N(C)C)[C@H]2O)[C@](C)(O)C[C@@H](C)[C@H](O)[C@H](C)[C@@H](O)[C@]1(C)O. The smallest absolute Gasteiger partial charge is 0.311 e. The Bertz CT molecular complexity index is 1120. The molecule has 0 amide bonds. The first-order valence-electron chi connectivity index (χ1n) is 18.6. The van der Waals surface area contributed by atoms with E-state index in [1.165, 1.54) is 14.0 Å². The fourth-order valence-corrected chi connectivity index (χ4v) is 8.59. The summed E-state index contributed by atoms with van der Waals surface area (Å²) < 4.78 is 37.2. The average Bonchev–Trinajstić information content (AvgIpc) is 3.05. The molecule has 51 heavy (non-hydrogen) atoms. The zero-order valence-corrected chi connectivity index (χ0v) is 33.1. The van der Waals surface area contributed by atoms with Crippen LogP contribution in [0.25, 0.3) is 0 Å². The van der Waals surface area contributed by atoms with E-state index in [1.54, 1.807) is 55.4 Å². The van der Waals surface area contributed by atoms with Gasteiger partial charge in [0.1, 0.15) is 23.9 Å². The van der Waals surface area contributed by atoms with Crippen molar-refractivity contribution in [2.24, 2.45) is 23.7 Å². The third-order valence-electron chi connectivity index (χ3n) is 12.0. The molecule has 0 aromatic carbocycles. The van der Waals surface area contributed by atoms with Crippen molar-refractivity contribution in [1.82, 2.24) is 4.90 Å². The van der Waals surface area contributed by atoms with Crippen LogP contribution < -0.4 is 0 Å². The number of rotatable bonds is 7. The van der Waals surface area contributed by atoms with Crippen LogP contribution in [-0.2, 0) is 33.2 Å². The molecular weight excluding hydrogens is 666 g/mol. The van der Waals surface area contributed by atoms with Crippen molar-refractivity contribution in [1.29, 1.82) is 0 Å². The minimum Gasteiger partial charge on any atom is -0.459 e. The van der Waals surface area contributed by atoms with Crippen molar-refractivity contribution in [2.75, 3.05) is 21.2 Å². The van der Waals surface area contributed by atoms with Gasteiger partial charge in [0, 0.05) is 31.4 Å². The number of cyclic esters (lactones) is 1. The molecular formula is C37H69NO13. The molecule has 2 unspecified atom stereocenters. The largest absolute Gasteiger partial charge is 0.459 e. The summed E-state index contributed by atoms with van der Waals surface area (Å²) in [7, 11) is 5.20. The van der Waals surface area contributed by atoms with Gasteiger partial charge in [-0.15, -0.1) is 0 Å². The van der Waals surface area contributed by atoms with E-state index >= 15 is 0 Å². The Morgan fingerprint density at radius 3 is 2.02 bits per heavy atom. The predicted molar refractivity (Wildman–Crippen MR) is 187 cm³/mol. The van der Waals surface area contributed by atoms with E-state index in [2.05, 4.69) is 0 Å². The van der Waals surface area contributed by atoms with Gasteiger partial charge in [0.05, 0.1) is 53.7 Å². The van der Waals surface area contributed by atoms with Crippen LogP contribution in [0.5, 0.6) is 0 Å². The molecule has 14 heteroatoms. The van der Waals surface area contributed by atoms with Gasteiger partial charge in [-0.25, -0.2) is 0 Å². The number of likely N-dealkylation sites (N-methyl/N-ethyl adjacent to an activating group) is 1. The number of hydrogen-bond donors (Lipinski definition) is 6. The highest BCUT2D eigenvalue weighted by molar-refractivity contribution is 5.73. The zero-order chi connectivity index (χ0) is 39.0. The van der Waals surface area contributed by atoms with E-state index in [1.807, 2.05) is 25.9 Å². The van der Waals surface area contributed by atoms with Crippen LogP contribution in [0.4, 0.5) is 0 Å². The van der Waals surface area contributed by atoms with Crippen molar-refractivity contribution in [3.63, 3.8) is 0 Å². The lowest BCUT2D eigenvalue weighted by Gasteiger charge is -2.49. The van der Waals surface area contributed by atoms with Crippen LogP contribution >= 0.6 is 0 Å². The lowest BCUT2D eigenvalue weighted by molar-refractivity contribution is -0.318. The summed E-state index contributed by atoms with van der Waals surface area (Å²) in [5.74, 6) is -4.11. The molecule has 0 aromatic heterocycles. The number of ether oxygens (including phenoxy) is 6. The molecule has 3 rings (SSSR count). The van der Waals surface area contributed by atoms with E-state index in [-0.39, 0.29) is 31.4 Å². The first-order valence-corrected chi connectivity index (χ1v) is 18.6. The van der Waals surface area contributed by atoms with Crippen molar-refractivity contribution >= 4 is 5.97 Å². The maximum absolute atomic E-state index is 14.1. The fourth-order valence-electron chi connectivity index (χ4n) is 8.59. The number of aliphatic hydroxyl groups is 6. The van der Waals surface area contributed by atoms with E-state index in [0.29, 0.717) is 6.42 Å². The molecule has 0 aromatic rings. The summed E-state index contributed by atoms with van der Waals surface area (Å²) in [5, 5.41) is 69.3. The second-order valence-corrected chi connectivity index (χ2v) is 16.7. The number of hydrogen-bond acceptors (Lipinski definition) is 14. The Kier molecular flexibility index (Phi) is 15.0. The Balaban J connectivity index is 2.18. The number of esters is 1. The summed E-state index contributed by atoms with van der Waals surface area (Å²) in [6.45, 7) is 16.7. The van der Waals surface area contributed by atoms with Crippen molar-refractivity contribution in [3.8, 4) is 0 Å². The van der Waals surface area contributed by atoms with Gasteiger partial charge < -0.3 is 64.0 Å². The van der Waals surface area contributed by atoms with Crippen molar-refractivity contribution in [3.05, 3.63) is 0 Å². The maximum Gasteiger partial charge on any atom is 0.311 e. The highest BCUT2D eigenvalue weighted by Crippen LogP contribution is 2.41. The molecule has 3 heterocycles. The molecule has 0 spiro atoms. The van der Waals surface area contributed by atoms with Gasteiger partial charge in [-0.2, -0.15) is 0 Å². The van der Waals surface area contributed by atoms with Gasteiger partial charge >= 0.3 is 5.97 Å². The summed E-state index contributed by atoms with van der Waals surface area (Å²) >= 11 is 0. The molecule has 14 nitrogen and oxygen atoms in total. The molecule has 3 aliphatic rings. The van der Waals surface area contributed by atoms with Crippen molar-refractivity contribution in [2.45, 2.75) is 185 Å². The molecule has 300 valence electrons. The highest BCUT2D eigenvalue weighted by atomic mass is 16.7. The number of nitrogens with zero attached hydrogens (tertiary/aromatic N) is 1. The molecule has 3 aliphatic heterocycles. The summed E-state index contributed by atoms with van der Waals surface area (Å²) in [5.41, 5.74) is -4.71.